The smallest absolute Gasteiger partial charge is 0.253 e. The highest BCUT2D eigenvalue weighted by Crippen LogP contribution is 2.29. The summed E-state index contributed by atoms with van der Waals surface area (Å²) in [5.74, 6) is 0.305. The van der Waals surface area contributed by atoms with Gasteiger partial charge in [0, 0.05) is 42.9 Å². The highest BCUT2D eigenvalue weighted by molar-refractivity contribution is 5.94. The van der Waals surface area contributed by atoms with Crippen LogP contribution in [0.5, 0.6) is 0 Å². The molecule has 1 aliphatic carbocycles. The van der Waals surface area contributed by atoms with Crippen molar-refractivity contribution in [2.24, 2.45) is 5.92 Å². The van der Waals surface area contributed by atoms with Crippen molar-refractivity contribution >= 4 is 5.91 Å². The molecule has 0 radical (unpaired) electrons. The molecule has 1 saturated heterocycles. The van der Waals surface area contributed by atoms with Crippen LogP contribution in [0.25, 0.3) is 0 Å². The van der Waals surface area contributed by atoms with Crippen molar-refractivity contribution in [3.05, 3.63) is 35.1 Å². The number of amides is 1. The molecule has 2 atom stereocenters. The Morgan fingerprint density at radius 3 is 2.65 bits per heavy atom. The van der Waals surface area contributed by atoms with Gasteiger partial charge in [-0.25, -0.2) is 4.39 Å². The van der Waals surface area contributed by atoms with Crippen molar-refractivity contribution in [2.75, 3.05) is 19.7 Å². The van der Waals surface area contributed by atoms with Gasteiger partial charge in [0.2, 0.25) is 0 Å². The summed E-state index contributed by atoms with van der Waals surface area (Å²) in [6.07, 6.45) is 2.42. The Labute approximate surface area is 137 Å². The van der Waals surface area contributed by atoms with E-state index in [1.54, 1.807) is 12.1 Å². The molecule has 1 aromatic carbocycles. The summed E-state index contributed by atoms with van der Waals surface area (Å²) >= 11 is 0. The van der Waals surface area contributed by atoms with Gasteiger partial charge >= 0.3 is 0 Å². The van der Waals surface area contributed by atoms with Crippen molar-refractivity contribution in [3.8, 4) is 0 Å². The fourth-order valence-electron chi connectivity index (χ4n) is 3.11. The lowest BCUT2D eigenvalue weighted by Crippen LogP contribution is -2.55. The zero-order chi connectivity index (χ0) is 16.4. The third kappa shape index (κ3) is 4.30. The molecule has 2 aliphatic rings. The van der Waals surface area contributed by atoms with Gasteiger partial charge in [-0.3, -0.25) is 4.79 Å². The van der Waals surface area contributed by atoms with Crippen molar-refractivity contribution in [3.63, 3.8) is 0 Å². The predicted molar refractivity (Wildman–Crippen MR) is 86.7 cm³/mol. The number of nitrogens with one attached hydrogen (secondary N) is 1. The van der Waals surface area contributed by atoms with Gasteiger partial charge in [-0.05, 0) is 50.8 Å². The quantitative estimate of drug-likeness (QED) is 0.906. The largest absolute Gasteiger partial charge is 0.376 e. The zero-order valence-electron chi connectivity index (χ0n) is 13.8. The summed E-state index contributed by atoms with van der Waals surface area (Å²) in [5, 5.41) is 3.41. The highest BCUT2D eigenvalue weighted by Gasteiger charge is 2.26. The second-order valence-corrected chi connectivity index (χ2v) is 6.94. The van der Waals surface area contributed by atoms with Crippen LogP contribution in [0.4, 0.5) is 4.39 Å². The Morgan fingerprint density at radius 1 is 1.30 bits per heavy atom. The minimum absolute atomic E-state index is 0.0337. The van der Waals surface area contributed by atoms with E-state index in [4.69, 9.17) is 4.74 Å². The van der Waals surface area contributed by atoms with Gasteiger partial charge in [-0.2, -0.15) is 0 Å². The lowest BCUT2D eigenvalue weighted by molar-refractivity contribution is 0.0673. The van der Waals surface area contributed by atoms with Crippen molar-refractivity contribution in [1.82, 2.24) is 10.2 Å². The molecule has 1 heterocycles. The van der Waals surface area contributed by atoms with E-state index >= 15 is 0 Å². The van der Waals surface area contributed by atoms with E-state index in [-0.39, 0.29) is 30.4 Å². The average Bonchev–Trinajstić information content (AvgIpc) is 3.31. The van der Waals surface area contributed by atoms with Crippen molar-refractivity contribution < 1.29 is 13.9 Å². The standard InChI is InChI=1S/C18H25FN2O2/c1-12-8-21(9-13(2)20-12)18(22)15-5-6-17(19)16(7-15)11-23-10-14-3-4-14/h5-7,12-14,20H,3-4,8-11H2,1-2H3/t12-,13-/m0/s1. The van der Waals surface area contributed by atoms with Crippen molar-refractivity contribution in [1.29, 1.82) is 0 Å². The molecule has 2 fully saturated rings. The monoisotopic (exact) mass is 320 g/mol. The molecule has 0 bridgehead atoms. The second-order valence-electron chi connectivity index (χ2n) is 6.94. The van der Waals surface area contributed by atoms with Gasteiger partial charge in [-0.15, -0.1) is 0 Å². The Hall–Kier alpha value is -1.46. The Morgan fingerprint density at radius 2 is 2.00 bits per heavy atom. The van der Waals surface area contributed by atoms with Crippen LogP contribution in [-0.2, 0) is 11.3 Å². The second kappa shape index (κ2) is 6.97. The van der Waals surface area contributed by atoms with Crippen LogP contribution in [0.1, 0.15) is 42.6 Å². The summed E-state index contributed by atoms with van der Waals surface area (Å²) in [5.41, 5.74) is 1.01. The Bertz CT molecular complexity index is 564. The maximum Gasteiger partial charge on any atom is 0.253 e. The molecule has 1 N–H and O–H groups in total. The van der Waals surface area contributed by atoms with Crippen LogP contribution < -0.4 is 5.32 Å². The number of benzene rings is 1. The van der Waals surface area contributed by atoms with Gasteiger partial charge in [0.05, 0.1) is 6.61 Å². The van der Waals surface area contributed by atoms with Crippen LogP contribution in [0.15, 0.2) is 18.2 Å². The van der Waals surface area contributed by atoms with E-state index in [9.17, 15) is 9.18 Å². The maximum absolute atomic E-state index is 13.9. The summed E-state index contributed by atoms with van der Waals surface area (Å²) in [7, 11) is 0. The molecule has 23 heavy (non-hydrogen) atoms. The van der Waals surface area contributed by atoms with E-state index in [2.05, 4.69) is 19.2 Å². The maximum atomic E-state index is 13.9. The predicted octanol–water partition coefficient (Wildman–Crippen LogP) is 2.57. The molecule has 126 valence electrons. The highest BCUT2D eigenvalue weighted by atomic mass is 19.1. The molecular formula is C18H25FN2O2. The Balaban J connectivity index is 1.67. The molecule has 1 amide bonds. The zero-order valence-corrected chi connectivity index (χ0v) is 13.8. The minimum atomic E-state index is -0.306. The summed E-state index contributed by atoms with van der Waals surface area (Å²) < 4.78 is 19.5. The van der Waals surface area contributed by atoms with Crippen LogP contribution >= 0.6 is 0 Å². The first-order valence-corrected chi connectivity index (χ1v) is 8.44. The SMILES string of the molecule is C[C@H]1CN(C(=O)c2ccc(F)c(COCC3CC3)c2)C[C@H](C)N1. The third-order valence-electron chi connectivity index (χ3n) is 4.45. The first-order chi connectivity index (χ1) is 11.0. The van der Waals surface area contributed by atoms with Crippen LogP contribution in [0, 0.1) is 11.7 Å². The summed E-state index contributed by atoms with van der Waals surface area (Å²) in [6, 6.07) is 5.12. The van der Waals surface area contributed by atoms with E-state index in [1.807, 2.05) is 4.90 Å². The van der Waals surface area contributed by atoms with E-state index in [1.165, 1.54) is 18.9 Å². The summed E-state index contributed by atoms with van der Waals surface area (Å²) in [4.78, 5) is 14.5. The molecule has 4 nitrogen and oxygen atoms in total. The normalized spacial score (nSPS) is 24.7. The third-order valence-corrected chi connectivity index (χ3v) is 4.45. The number of halogens is 1. The first-order valence-electron chi connectivity index (χ1n) is 8.44. The van der Waals surface area contributed by atoms with E-state index in [0.717, 1.165) is 0 Å². The lowest BCUT2D eigenvalue weighted by atomic mass is 10.1. The number of hydrogen-bond donors (Lipinski definition) is 1. The summed E-state index contributed by atoms with van der Waals surface area (Å²) in [6.45, 7) is 6.40. The van der Waals surface area contributed by atoms with Crippen LogP contribution in [0.2, 0.25) is 0 Å². The average molecular weight is 320 g/mol. The van der Waals surface area contributed by atoms with Crippen molar-refractivity contribution in [2.45, 2.75) is 45.4 Å². The minimum Gasteiger partial charge on any atom is -0.376 e. The van der Waals surface area contributed by atoms with Gasteiger partial charge in [0.25, 0.3) is 5.91 Å². The molecule has 0 spiro atoms. The molecule has 5 heteroatoms. The Kier molecular flexibility index (Phi) is 4.97. The number of hydrogen-bond acceptors (Lipinski definition) is 3. The van der Waals surface area contributed by atoms with Gasteiger partial charge < -0.3 is 15.0 Å². The first kappa shape index (κ1) is 16.4. The van der Waals surface area contributed by atoms with E-state index < -0.39 is 0 Å². The molecule has 0 unspecified atom stereocenters. The number of nitrogens with zero attached hydrogens (tertiary/aromatic N) is 1. The fraction of sp³-hybridized carbons (Fsp3) is 0.611. The lowest BCUT2D eigenvalue weighted by Gasteiger charge is -2.36. The van der Waals surface area contributed by atoms with Gasteiger partial charge in [0.1, 0.15) is 5.82 Å². The van der Waals surface area contributed by atoms with Crippen LogP contribution in [-0.4, -0.2) is 42.6 Å². The number of carbonyl (C=O) groups is 1. The van der Waals surface area contributed by atoms with Crippen LogP contribution in [0.3, 0.4) is 0 Å². The molecule has 1 saturated carbocycles. The molecule has 1 aliphatic heterocycles. The molecule has 1 aromatic rings. The van der Waals surface area contributed by atoms with E-state index in [0.29, 0.717) is 36.7 Å². The molecule has 0 aromatic heterocycles. The van der Waals surface area contributed by atoms with Gasteiger partial charge in [-0.1, -0.05) is 0 Å². The van der Waals surface area contributed by atoms with Gasteiger partial charge in [0.15, 0.2) is 0 Å². The topological polar surface area (TPSA) is 41.6 Å². The number of rotatable bonds is 5. The molecular weight excluding hydrogens is 295 g/mol. The number of carbonyl (C=O) groups excluding carboxylic acids is 1. The fourth-order valence-corrected chi connectivity index (χ4v) is 3.11. The molecule has 3 rings (SSSR count). The number of ether oxygens (including phenoxy) is 1. The number of piperazine rings is 1.